The van der Waals surface area contributed by atoms with Crippen molar-refractivity contribution in [3.63, 3.8) is 0 Å². The van der Waals surface area contributed by atoms with Gasteiger partial charge in [-0.05, 0) is 86.6 Å². The van der Waals surface area contributed by atoms with Crippen molar-refractivity contribution < 1.29 is 4.74 Å². The highest BCUT2D eigenvalue weighted by Crippen LogP contribution is 2.46. The van der Waals surface area contributed by atoms with E-state index in [1.165, 1.54) is 54.4 Å². The number of hydrogen-bond donors (Lipinski definition) is 0. The number of pyridine rings is 1. The van der Waals surface area contributed by atoms with Crippen LogP contribution in [0.2, 0.25) is 0 Å². The Balaban J connectivity index is 1.09. The lowest BCUT2D eigenvalue weighted by Gasteiger charge is -2.26. The molecule has 46 heavy (non-hydrogen) atoms. The molecule has 0 bridgehead atoms. The standard InChI is InChI=1S/C43H28N2O/c1-2-8-31(9-3-1)45(33-19-21-36-35-10-4-5-11-39(35)46-40(36)26-33)32-17-14-27(15-18-32)34-20-16-28-12-13-29-25-30-7-6-24-44-43(30)38-23-22-37(34)41(28)42(29)38/h1-26,35,39H. The minimum absolute atomic E-state index is 0.0694. The molecule has 3 heteroatoms. The lowest BCUT2D eigenvalue weighted by Crippen LogP contribution is -2.15. The molecule has 0 N–H and O–H groups in total. The zero-order chi connectivity index (χ0) is 30.2. The van der Waals surface area contributed by atoms with Gasteiger partial charge in [0.25, 0.3) is 0 Å². The van der Waals surface area contributed by atoms with Gasteiger partial charge >= 0.3 is 0 Å². The van der Waals surface area contributed by atoms with E-state index in [1.807, 2.05) is 12.3 Å². The summed E-state index contributed by atoms with van der Waals surface area (Å²) in [4.78, 5) is 7.07. The van der Waals surface area contributed by atoms with Crippen LogP contribution in [0.3, 0.4) is 0 Å². The summed E-state index contributed by atoms with van der Waals surface area (Å²) in [6.07, 6.45) is 10.5. The zero-order valence-corrected chi connectivity index (χ0v) is 25.0. The van der Waals surface area contributed by atoms with Gasteiger partial charge in [0.15, 0.2) is 0 Å². The van der Waals surface area contributed by atoms with Gasteiger partial charge in [0.05, 0.1) is 5.52 Å². The largest absolute Gasteiger partial charge is 0.485 e. The van der Waals surface area contributed by atoms with Crippen LogP contribution >= 0.6 is 0 Å². The first-order valence-corrected chi connectivity index (χ1v) is 15.9. The fourth-order valence-corrected chi connectivity index (χ4v) is 7.65. The highest BCUT2D eigenvalue weighted by Gasteiger charge is 2.32. The monoisotopic (exact) mass is 588 g/mol. The fourth-order valence-electron chi connectivity index (χ4n) is 7.65. The van der Waals surface area contributed by atoms with Crippen LogP contribution in [-0.4, -0.2) is 11.1 Å². The normalized spacial score (nSPS) is 16.7. The number of ether oxygens (including phenoxy) is 1. The topological polar surface area (TPSA) is 25.4 Å². The Bertz CT molecular complexity index is 2510. The summed E-state index contributed by atoms with van der Waals surface area (Å²) in [7, 11) is 0. The van der Waals surface area contributed by atoms with Crippen molar-refractivity contribution in [1.29, 1.82) is 0 Å². The van der Waals surface area contributed by atoms with E-state index in [9.17, 15) is 0 Å². The molecule has 1 aromatic heterocycles. The molecule has 1 aliphatic carbocycles. The molecule has 2 atom stereocenters. The third-order valence-electron chi connectivity index (χ3n) is 9.76. The second-order valence-electron chi connectivity index (χ2n) is 12.3. The number of aromatic nitrogens is 1. The molecule has 2 unspecified atom stereocenters. The Kier molecular flexibility index (Phi) is 5.40. The smallest absolute Gasteiger partial charge is 0.128 e. The maximum Gasteiger partial charge on any atom is 0.128 e. The number of para-hydroxylation sites is 1. The minimum Gasteiger partial charge on any atom is -0.485 e. The summed E-state index contributed by atoms with van der Waals surface area (Å²) >= 11 is 0. The van der Waals surface area contributed by atoms with E-state index in [0.29, 0.717) is 0 Å². The Morgan fingerprint density at radius 3 is 2.24 bits per heavy atom. The third-order valence-corrected chi connectivity index (χ3v) is 9.76. The summed E-state index contributed by atoms with van der Waals surface area (Å²) in [6.45, 7) is 0. The first-order chi connectivity index (χ1) is 22.8. The van der Waals surface area contributed by atoms with Crippen LogP contribution in [-0.2, 0) is 0 Å². The van der Waals surface area contributed by atoms with Crippen molar-refractivity contribution >= 4 is 60.3 Å². The van der Waals surface area contributed by atoms with Gasteiger partial charge in [-0.25, -0.2) is 0 Å². The van der Waals surface area contributed by atoms with Crippen molar-refractivity contribution in [2.75, 3.05) is 4.90 Å². The van der Waals surface area contributed by atoms with E-state index < -0.39 is 0 Å². The SMILES string of the molecule is C1=CC2Oc3cc(N(c4ccccc4)c4ccc(-c5ccc6ccc7cc8cccnc8c8ccc5c6c78)cc4)ccc3C2C=C1. The van der Waals surface area contributed by atoms with E-state index in [-0.39, 0.29) is 12.0 Å². The maximum atomic E-state index is 6.39. The van der Waals surface area contributed by atoms with E-state index in [1.54, 1.807) is 0 Å². The van der Waals surface area contributed by atoms with E-state index >= 15 is 0 Å². The van der Waals surface area contributed by atoms with E-state index in [0.717, 1.165) is 28.3 Å². The molecular formula is C43H28N2O. The first kappa shape index (κ1) is 25.4. The van der Waals surface area contributed by atoms with Crippen LogP contribution in [0.5, 0.6) is 5.75 Å². The molecule has 0 spiro atoms. The number of hydrogen-bond acceptors (Lipinski definition) is 3. The molecule has 10 rings (SSSR count). The van der Waals surface area contributed by atoms with Gasteiger partial charge in [-0.3, -0.25) is 4.98 Å². The number of anilines is 3. The molecule has 3 nitrogen and oxygen atoms in total. The van der Waals surface area contributed by atoms with Gasteiger partial charge in [0.2, 0.25) is 0 Å². The second kappa shape index (κ2) is 9.79. The first-order valence-electron chi connectivity index (χ1n) is 15.9. The van der Waals surface area contributed by atoms with Gasteiger partial charge in [0.1, 0.15) is 11.9 Å². The van der Waals surface area contributed by atoms with Crippen molar-refractivity contribution in [2.45, 2.75) is 12.0 Å². The number of fused-ring (bicyclic) bond motifs is 5. The molecule has 1 aliphatic heterocycles. The number of nitrogens with zero attached hydrogens (tertiary/aromatic N) is 2. The van der Waals surface area contributed by atoms with Crippen molar-refractivity contribution in [1.82, 2.24) is 4.98 Å². The quantitative estimate of drug-likeness (QED) is 0.151. The lowest BCUT2D eigenvalue weighted by molar-refractivity contribution is 0.269. The lowest BCUT2D eigenvalue weighted by atomic mass is 9.89. The van der Waals surface area contributed by atoms with Crippen LogP contribution < -0.4 is 9.64 Å². The molecule has 2 heterocycles. The number of rotatable bonds is 4. The molecule has 2 aliphatic rings. The molecular weight excluding hydrogens is 560 g/mol. The van der Waals surface area contributed by atoms with Gasteiger partial charge in [-0.1, -0.05) is 97.1 Å². The molecule has 0 saturated heterocycles. The average Bonchev–Trinajstić information content (AvgIpc) is 3.49. The highest BCUT2D eigenvalue weighted by molar-refractivity contribution is 6.29. The van der Waals surface area contributed by atoms with Crippen molar-refractivity contribution in [2.24, 2.45) is 0 Å². The molecule has 216 valence electrons. The maximum absolute atomic E-state index is 6.39. The Morgan fingerprint density at radius 1 is 0.565 bits per heavy atom. The van der Waals surface area contributed by atoms with Gasteiger partial charge < -0.3 is 9.64 Å². The number of allylic oxidation sites excluding steroid dienone is 2. The fraction of sp³-hybridized carbons (Fsp3) is 0.0465. The van der Waals surface area contributed by atoms with Crippen molar-refractivity contribution in [3.8, 4) is 16.9 Å². The van der Waals surface area contributed by atoms with Gasteiger partial charge in [0, 0.05) is 51.6 Å². The van der Waals surface area contributed by atoms with Gasteiger partial charge in [-0.15, -0.1) is 0 Å². The summed E-state index contributed by atoms with van der Waals surface area (Å²) in [5.41, 5.74) is 8.01. The van der Waals surface area contributed by atoms with E-state index in [2.05, 4.69) is 151 Å². The molecule has 0 amide bonds. The summed E-state index contributed by atoms with van der Waals surface area (Å²) in [5, 5.41) is 8.75. The van der Waals surface area contributed by atoms with Crippen molar-refractivity contribution in [3.05, 3.63) is 163 Å². The Morgan fingerprint density at radius 2 is 1.33 bits per heavy atom. The molecule has 0 saturated carbocycles. The zero-order valence-electron chi connectivity index (χ0n) is 25.0. The van der Waals surface area contributed by atoms with Gasteiger partial charge in [-0.2, -0.15) is 0 Å². The van der Waals surface area contributed by atoms with Crippen LogP contribution in [0.4, 0.5) is 17.1 Å². The minimum atomic E-state index is 0.0694. The predicted octanol–water partition coefficient (Wildman–Crippen LogP) is 11.2. The second-order valence-corrected chi connectivity index (χ2v) is 12.3. The highest BCUT2D eigenvalue weighted by atomic mass is 16.5. The van der Waals surface area contributed by atoms with Crippen LogP contribution in [0.25, 0.3) is 54.3 Å². The van der Waals surface area contributed by atoms with Crippen LogP contribution in [0, 0.1) is 0 Å². The molecule has 0 radical (unpaired) electrons. The summed E-state index contributed by atoms with van der Waals surface area (Å²) in [6, 6.07) is 46.2. The molecule has 7 aromatic carbocycles. The Hall–Kier alpha value is -5.93. The van der Waals surface area contributed by atoms with Crippen LogP contribution in [0.1, 0.15) is 11.5 Å². The molecule has 0 fully saturated rings. The molecule has 8 aromatic rings. The van der Waals surface area contributed by atoms with Crippen LogP contribution in [0.15, 0.2) is 158 Å². The number of benzene rings is 7. The summed E-state index contributed by atoms with van der Waals surface area (Å²) in [5.74, 6) is 1.23. The third kappa shape index (κ3) is 3.75. The summed E-state index contributed by atoms with van der Waals surface area (Å²) < 4.78 is 6.39. The van der Waals surface area contributed by atoms with E-state index in [4.69, 9.17) is 9.72 Å². The average molecular weight is 589 g/mol. The predicted molar refractivity (Wildman–Crippen MR) is 191 cm³/mol. The Labute approximate surface area is 266 Å².